The molecule has 1 unspecified atom stereocenters. The number of benzene rings is 1. The number of nitrogens with two attached hydrogens (primary N) is 1. The van der Waals surface area contributed by atoms with Crippen molar-refractivity contribution in [3.8, 4) is 34.5 Å². The van der Waals surface area contributed by atoms with Gasteiger partial charge in [0.05, 0.1) is 30.9 Å². The molecular weight excluding hydrogens is 473 g/mol. The Balaban J connectivity index is 1.70. The van der Waals surface area contributed by atoms with Crippen molar-refractivity contribution in [2.45, 2.75) is 25.7 Å². The van der Waals surface area contributed by atoms with Crippen molar-refractivity contribution in [2.24, 2.45) is 5.73 Å². The van der Waals surface area contributed by atoms with Gasteiger partial charge in [0.1, 0.15) is 11.4 Å². The van der Waals surface area contributed by atoms with E-state index < -0.39 is 17.9 Å². The monoisotopic (exact) mass is 492 g/mol. The van der Waals surface area contributed by atoms with Crippen LogP contribution in [0.15, 0.2) is 46.2 Å². The minimum Gasteiger partial charge on any atom is -0.496 e. The van der Waals surface area contributed by atoms with Crippen molar-refractivity contribution < 1.29 is 27.1 Å². The molecule has 34 heavy (non-hydrogen) atoms. The van der Waals surface area contributed by atoms with Gasteiger partial charge in [0.15, 0.2) is 5.69 Å². The zero-order chi connectivity index (χ0) is 24.5. The van der Waals surface area contributed by atoms with Crippen LogP contribution in [0.3, 0.4) is 0 Å². The van der Waals surface area contributed by atoms with Gasteiger partial charge < -0.3 is 20.2 Å². The van der Waals surface area contributed by atoms with Crippen molar-refractivity contribution in [3.05, 3.63) is 52.3 Å². The van der Waals surface area contributed by atoms with Gasteiger partial charge in [-0.05, 0) is 25.1 Å². The molecule has 4 rings (SSSR count). The van der Waals surface area contributed by atoms with E-state index in [2.05, 4.69) is 20.6 Å². The number of nitrogens with zero attached hydrogens (tertiary/aromatic N) is 4. The van der Waals surface area contributed by atoms with Gasteiger partial charge in [0, 0.05) is 16.3 Å². The van der Waals surface area contributed by atoms with E-state index in [0.29, 0.717) is 21.9 Å². The molecule has 0 fully saturated rings. The summed E-state index contributed by atoms with van der Waals surface area (Å²) in [5.74, 6) is 0.0580. The summed E-state index contributed by atoms with van der Waals surface area (Å²) < 4.78 is 52.4. The number of hydrogen-bond donors (Lipinski definition) is 2. The first-order chi connectivity index (χ1) is 16.2. The lowest BCUT2D eigenvalue weighted by atomic mass is 10.2. The molecule has 0 saturated heterocycles. The summed E-state index contributed by atoms with van der Waals surface area (Å²) in [5, 5.41) is 15.9. The quantitative estimate of drug-likeness (QED) is 0.404. The highest BCUT2D eigenvalue weighted by atomic mass is 32.1. The largest absolute Gasteiger partial charge is 0.496 e. The van der Waals surface area contributed by atoms with Gasteiger partial charge in [0.25, 0.3) is 11.8 Å². The van der Waals surface area contributed by atoms with Crippen LogP contribution in [0.5, 0.6) is 5.75 Å². The van der Waals surface area contributed by atoms with E-state index in [1.807, 2.05) is 0 Å². The van der Waals surface area contributed by atoms with Crippen LogP contribution in [0.4, 0.5) is 13.2 Å². The maximum absolute atomic E-state index is 13.5. The number of rotatable bonds is 7. The molecule has 0 aliphatic carbocycles. The number of alkyl halides is 3. The fourth-order valence-electron chi connectivity index (χ4n) is 3.03. The average molecular weight is 492 g/mol. The van der Waals surface area contributed by atoms with Gasteiger partial charge in [-0.1, -0.05) is 12.1 Å². The number of ether oxygens (including phenoxy) is 1. The average Bonchev–Trinajstić information content (AvgIpc) is 3.55. The smallest absolute Gasteiger partial charge is 0.435 e. The van der Waals surface area contributed by atoms with E-state index in [9.17, 15) is 18.0 Å². The standard InChI is InChI=1S/C21H19F3N6O3S/c1-11(25)18(31)26-9-13-7-12(10-34-13)30-15(8-17(29-30)21(22,23)24)20-28-27-19(33-20)14-5-3-4-6-16(14)32-2/h3-8,10-11H,9,25H2,1-2H3,(H,26,31). The van der Waals surface area contributed by atoms with Crippen LogP contribution >= 0.6 is 11.3 Å². The van der Waals surface area contributed by atoms with Gasteiger partial charge in [0.2, 0.25) is 5.91 Å². The molecule has 1 atom stereocenters. The van der Waals surface area contributed by atoms with Gasteiger partial charge in [-0.15, -0.1) is 21.5 Å². The van der Waals surface area contributed by atoms with E-state index in [0.717, 1.165) is 10.7 Å². The number of para-hydroxylation sites is 1. The molecule has 0 aliphatic rings. The highest BCUT2D eigenvalue weighted by Gasteiger charge is 2.36. The number of aromatic nitrogens is 4. The zero-order valence-corrected chi connectivity index (χ0v) is 18.8. The molecule has 0 bridgehead atoms. The molecule has 0 radical (unpaired) electrons. The van der Waals surface area contributed by atoms with Crippen LogP contribution in [-0.2, 0) is 17.5 Å². The number of methoxy groups -OCH3 is 1. The van der Waals surface area contributed by atoms with Gasteiger partial charge in [-0.2, -0.15) is 18.3 Å². The summed E-state index contributed by atoms with van der Waals surface area (Å²) in [6.45, 7) is 1.72. The van der Waals surface area contributed by atoms with Crippen molar-refractivity contribution in [2.75, 3.05) is 7.11 Å². The lowest BCUT2D eigenvalue weighted by Crippen LogP contribution is -2.37. The Morgan fingerprint density at radius 2 is 2.00 bits per heavy atom. The Morgan fingerprint density at radius 3 is 2.71 bits per heavy atom. The molecule has 3 N–H and O–H groups in total. The minimum atomic E-state index is -4.68. The van der Waals surface area contributed by atoms with Crippen LogP contribution in [-0.4, -0.2) is 39.0 Å². The molecule has 178 valence electrons. The second-order valence-electron chi connectivity index (χ2n) is 7.21. The second-order valence-corrected chi connectivity index (χ2v) is 8.21. The highest BCUT2D eigenvalue weighted by molar-refractivity contribution is 7.10. The van der Waals surface area contributed by atoms with Crippen LogP contribution < -0.4 is 15.8 Å². The zero-order valence-electron chi connectivity index (χ0n) is 18.0. The first-order valence-electron chi connectivity index (χ1n) is 9.93. The summed E-state index contributed by atoms with van der Waals surface area (Å²) in [5.41, 5.74) is 5.21. The number of amides is 1. The molecule has 0 spiro atoms. The van der Waals surface area contributed by atoms with Gasteiger partial charge >= 0.3 is 6.18 Å². The summed E-state index contributed by atoms with van der Waals surface area (Å²) in [4.78, 5) is 12.4. The number of nitrogens with one attached hydrogen (secondary N) is 1. The van der Waals surface area contributed by atoms with E-state index in [4.69, 9.17) is 14.9 Å². The number of carbonyl (C=O) groups excluding carboxylic acids is 1. The first-order valence-corrected chi connectivity index (χ1v) is 10.8. The lowest BCUT2D eigenvalue weighted by Gasteiger charge is -2.06. The van der Waals surface area contributed by atoms with Crippen LogP contribution in [0, 0.1) is 0 Å². The lowest BCUT2D eigenvalue weighted by molar-refractivity contribution is -0.141. The molecule has 4 aromatic rings. The summed E-state index contributed by atoms with van der Waals surface area (Å²) in [7, 11) is 1.48. The molecular formula is C21H19F3N6O3S. The molecule has 3 aromatic heterocycles. The summed E-state index contributed by atoms with van der Waals surface area (Å²) in [6.07, 6.45) is -4.68. The number of hydrogen-bond acceptors (Lipinski definition) is 8. The van der Waals surface area contributed by atoms with Crippen molar-refractivity contribution in [3.63, 3.8) is 0 Å². The Morgan fingerprint density at radius 1 is 1.26 bits per heavy atom. The SMILES string of the molecule is COc1ccccc1-c1nnc(-c2cc(C(F)(F)F)nn2-c2csc(CNC(=O)C(C)N)c2)o1. The van der Waals surface area contributed by atoms with E-state index >= 15 is 0 Å². The van der Waals surface area contributed by atoms with Crippen molar-refractivity contribution >= 4 is 17.2 Å². The second kappa shape index (κ2) is 9.27. The van der Waals surface area contributed by atoms with Crippen molar-refractivity contribution in [1.82, 2.24) is 25.3 Å². The predicted octanol–water partition coefficient (Wildman–Crippen LogP) is 3.64. The Labute approximate surface area is 195 Å². The molecule has 0 saturated carbocycles. The highest BCUT2D eigenvalue weighted by Crippen LogP contribution is 2.35. The Kier molecular flexibility index (Phi) is 6.39. The van der Waals surface area contributed by atoms with Gasteiger partial charge in [-0.3, -0.25) is 4.79 Å². The molecule has 9 nitrogen and oxygen atoms in total. The topological polar surface area (TPSA) is 121 Å². The fourth-order valence-corrected chi connectivity index (χ4v) is 3.82. The predicted molar refractivity (Wildman–Crippen MR) is 117 cm³/mol. The summed E-state index contributed by atoms with van der Waals surface area (Å²) >= 11 is 1.24. The maximum atomic E-state index is 13.5. The number of carbonyl (C=O) groups is 1. The van der Waals surface area contributed by atoms with Gasteiger partial charge in [-0.25, -0.2) is 4.68 Å². The fraction of sp³-hybridized carbons (Fsp3) is 0.238. The Hall–Kier alpha value is -3.71. The minimum absolute atomic E-state index is 0.0371. The molecule has 0 aliphatic heterocycles. The molecule has 1 aromatic carbocycles. The third-order valence-corrected chi connectivity index (χ3v) is 5.64. The maximum Gasteiger partial charge on any atom is 0.435 e. The third-order valence-electron chi connectivity index (χ3n) is 4.72. The van der Waals surface area contributed by atoms with Crippen LogP contribution in [0.25, 0.3) is 28.7 Å². The first kappa shape index (κ1) is 23.4. The summed E-state index contributed by atoms with van der Waals surface area (Å²) in [6, 6.07) is 8.66. The number of halogens is 3. The van der Waals surface area contributed by atoms with E-state index in [-0.39, 0.29) is 29.9 Å². The molecule has 13 heteroatoms. The number of thiophene rings is 1. The molecule has 3 heterocycles. The van der Waals surface area contributed by atoms with Crippen LogP contribution in [0.1, 0.15) is 17.5 Å². The molecule has 1 amide bonds. The van der Waals surface area contributed by atoms with Crippen molar-refractivity contribution in [1.29, 1.82) is 0 Å². The van der Waals surface area contributed by atoms with E-state index in [1.54, 1.807) is 42.6 Å². The Bertz CT molecular complexity index is 1310. The normalized spacial score (nSPS) is 12.5. The van der Waals surface area contributed by atoms with E-state index in [1.165, 1.54) is 18.4 Å². The van der Waals surface area contributed by atoms with Crippen LogP contribution in [0.2, 0.25) is 0 Å². The third kappa shape index (κ3) is 4.79.